The Balaban J connectivity index is 2.91. The van der Waals surface area contributed by atoms with Gasteiger partial charge in [0.2, 0.25) is 0 Å². The zero-order chi connectivity index (χ0) is 10.0. The first kappa shape index (κ1) is 9.68. The molecule has 0 bridgehead atoms. The lowest BCUT2D eigenvalue weighted by atomic mass is 10.5. The Morgan fingerprint density at radius 3 is 2.85 bits per heavy atom. The summed E-state index contributed by atoms with van der Waals surface area (Å²) in [6.45, 7) is 0. The van der Waals surface area contributed by atoms with Gasteiger partial charge >= 0.3 is 12.0 Å². The number of nitrogens with zero attached hydrogens (tertiary/aromatic N) is 2. The SMILES string of the molecule is CN(c1nc(C(=O)O)co1)S(=O)[O-]. The summed E-state index contributed by atoms with van der Waals surface area (Å²) in [5, 5.41) is 8.42. The van der Waals surface area contributed by atoms with E-state index in [-0.39, 0.29) is 11.7 Å². The van der Waals surface area contributed by atoms with Crippen LogP contribution in [0.3, 0.4) is 0 Å². The second kappa shape index (κ2) is 3.54. The lowest BCUT2D eigenvalue weighted by Crippen LogP contribution is -2.19. The smallest absolute Gasteiger partial charge is 0.357 e. The van der Waals surface area contributed by atoms with Gasteiger partial charge in [-0.05, 0) is 0 Å². The number of rotatable bonds is 3. The Morgan fingerprint density at radius 2 is 2.46 bits per heavy atom. The molecule has 1 rings (SSSR count). The molecule has 0 saturated heterocycles. The zero-order valence-corrected chi connectivity index (χ0v) is 7.28. The van der Waals surface area contributed by atoms with Crippen LogP contribution >= 0.6 is 0 Å². The molecule has 7 nitrogen and oxygen atoms in total. The Morgan fingerprint density at radius 1 is 1.85 bits per heavy atom. The molecule has 0 spiro atoms. The average molecular weight is 205 g/mol. The predicted molar refractivity (Wildman–Crippen MR) is 40.8 cm³/mol. The van der Waals surface area contributed by atoms with E-state index in [4.69, 9.17) is 5.11 Å². The number of aromatic carboxylic acids is 1. The first-order valence-electron chi connectivity index (χ1n) is 3.04. The van der Waals surface area contributed by atoms with E-state index >= 15 is 0 Å². The highest BCUT2D eigenvalue weighted by atomic mass is 32.2. The molecule has 13 heavy (non-hydrogen) atoms. The molecule has 0 fully saturated rings. The number of carboxylic acid groups (broad SMARTS) is 1. The summed E-state index contributed by atoms with van der Waals surface area (Å²) in [6.07, 6.45) is 0.862. The van der Waals surface area contributed by atoms with Crippen molar-refractivity contribution in [1.82, 2.24) is 4.98 Å². The summed E-state index contributed by atoms with van der Waals surface area (Å²) in [5.41, 5.74) is -0.340. The molecule has 0 aliphatic carbocycles. The van der Waals surface area contributed by atoms with Crippen LogP contribution in [0.15, 0.2) is 10.7 Å². The van der Waals surface area contributed by atoms with Crippen LogP contribution in [0.1, 0.15) is 10.5 Å². The number of hydrogen-bond acceptors (Lipinski definition) is 5. The fourth-order valence-corrected chi connectivity index (χ4v) is 0.782. The van der Waals surface area contributed by atoms with Crippen LogP contribution in [-0.2, 0) is 11.3 Å². The van der Waals surface area contributed by atoms with Gasteiger partial charge in [0.1, 0.15) is 6.26 Å². The first-order chi connectivity index (χ1) is 6.02. The van der Waals surface area contributed by atoms with Gasteiger partial charge in [-0.1, -0.05) is 0 Å². The van der Waals surface area contributed by atoms with Gasteiger partial charge in [0.15, 0.2) is 5.69 Å². The molecule has 0 radical (unpaired) electrons. The summed E-state index contributed by atoms with van der Waals surface area (Å²) in [7, 11) is 1.18. The van der Waals surface area contributed by atoms with Crippen molar-refractivity contribution in [3.63, 3.8) is 0 Å². The minimum Gasteiger partial charge on any atom is -0.755 e. The maximum atomic E-state index is 10.4. The predicted octanol–water partition coefficient (Wildman–Crippen LogP) is -0.397. The standard InChI is InChI=1S/C5H6N2O5S/c1-7(13(10)11)5-6-3(2-12-5)4(8)9/h2H,1H3,(H,8,9)(H,10,11)/p-1. The molecule has 1 heterocycles. The van der Waals surface area contributed by atoms with Crippen molar-refractivity contribution in [2.75, 3.05) is 11.4 Å². The van der Waals surface area contributed by atoms with Crippen LogP contribution in [0.25, 0.3) is 0 Å². The third-order valence-corrected chi connectivity index (χ3v) is 1.81. The van der Waals surface area contributed by atoms with Gasteiger partial charge in [0.05, 0.1) is 11.3 Å². The molecule has 1 aromatic heterocycles. The van der Waals surface area contributed by atoms with Gasteiger partial charge in [-0.2, -0.15) is 4.98 Å². The van der Waals surface area contributed by atoms with E-state index in [0.717, 1.165) is 6.26 Å². The van der Waals surface area contributed by atoms with Gasteiger partial charge in [-0.15, -0.1) is 0 Å². The van der Waals surface area contributed by atoms with Gasteiger partial charge < -0.3 is 14.1 Å². The number of oxazole rings is 1. The third kappa shape index (κ3) is 2.04. The van der Waals surface area contributed by atoms with Gasteiger partial charge in [0, 0.05) is 7.05 Å². The van der Waals surface area contributed by atoms with Crippen molar-refractivity contribution in [2.24, 2.45) is 0 Å². The quantitative estimate of drug-likeness (QED) is 0.673. The van der Waals surface area contributed by atoms with Crippen LogP contribution in [0.2, 0.25) is 0 Å². The molecule has 0 aliphatic heterocycles. The molecule has 0 saturated carbocycles. The Hall–Kier alpha value is -1.41. The molecule has 1 unspecified atom stereocenters. The molecule has 0 amide bonds. The minimum absolute atomic E-state index is 0.286. The van der Waals surface area contributed by atoms with E-state index in [9.17, 15) is 13.6 Å². The lowest BCUT2D eigenvalue weighted by molar-refractivity contribution is 0.0690. The summed E-state index contributed by atoms with van der Waals surface area (Å²) in [5.74, 6) is -1.28. The molecule has 1 aromatic rings. The molecular weight excluding hydrogens is 200 g/mol. The Kier molecular flexibility index (Phi) is 2.63. The van der Waals surface area contributed by atoms with Crippen LogP contribution in [-0.4, -0.2) is 31.9 Å². The fraction of sp³-hybridized carbons (Fsp3) is 0.200. The number of aromatic nitrogens is 1. The maximum absolute atomic E-state index is 10.4. The van der Waals surface area contributed by atoms with Crippen molar-refractivity contribution >= 4 is 23.3 Å². The van der Waals surface area contributed by atoms with Gasteiger partial charge in [-0.3, -0.25) is 8.51 Å². The summed E-state index contributed by atoms with van der Waals surface area (Å²) in [4.78, 5) is 13.7. The first-order valence-corrected chi connectivity index (χ1v) is 4.07. The largest absolute Gasteiger partial charge is 0.755 e. The molecular formula is C5H5N2O5S-. The van der Waals surface area contributed by atoms with Crippen molar-refractivity contribution in [2.45, 2.75) is 0 Å². The molecule has 8 heteroatoms. The summed E-state index contributed by atoms with van der Waals surface area (Å²) >= 11 is -2.53. The molecule has 1 N–H and O–H groups in total. The zero-order valence-electron chi connectivity index (χ0n) is 6.46. The number of carboxylic acids is 1. The van der Waals surface area contributed by atoms with E-state index in [1.54, 1.807) is 0 Å². The van der Waals surface area contributed by atoms with E-state index in [2.05, 4.69) is 9.40 Å². The fourth-order valence-electron chi connectivity index (χ4n) is 0.571. The second-order valence-electron chi connectivity index (χ2n) is 2.04. The van der Waals surface area contributed by atoms with Crippen molar-refractivity contribution < 1.29 is 23.1 Å². The molecule has 72 valence electrons. The van der Waals surface area contributed by atoms with Gasteiger partial charge in [-0.25, -0.2) is 4.79 Å². The average Bonchev–Trinajstić information content (AvgIpc) is 2.50. The van der Waals surface area contributed by atoms with E-state index in [0.29, 0.717) is 4.31 Å². The normalized spacial score (nSPS) is 12.5. The number of anilines is 1. The van der Waals surface area contributed by atoms with Crippen molar-refractivity contribution in [3.05, 3.63) is 12.0 Å². The van der Waals surface area contributed by atoms with Crippen LogP contribution < -0.4 is 4.31 Å². The minimum atomic E-state index is -2.53. The monoisotopic (exact) mass is 205 g/mol. The van der Waals surface area contributed by atoms with Crippen molar-refractivity contribution in [3.8, 4) is 0 Å². The highest BCUT2D eigenvalue weighted by molar-refractivity contribution is 7.80. The maximum Gasteiger partial charge on any atom is 0.357 e. The highest BCUT2D eigenvalue weighted by Crippen LogP contribution is 2.12. The molecule has 0 aromatic carbocycles. The van der Waals surface area contributed by atoms with E-state index < -0.39 is 17.2 Å². The third-order valence-electron chi connectivity index (χ3n) is 1.20. The molecule has 0 aliphatic rings. The van der Waals surface area contributed by atoms with E-state index in [1.807, 2.05) is 0 Å². The van der Waals surface area contributed by atoms with Crippen molar-refractivity contribution in [1.29, 1.82) is 0 Å². The summed E-state index contributed by atoms with van der Waals surface area (Å²) in [6, 6.07) is -0.286. The number of hydrogen-bond donors (Lipinski definition) is 1. The van der Waals surface area contributed by atoms with Crippen LogP contribution in [0, 0.1) is 0 Å². The van der Waals surface area contributed by atoms with Crippen LogP contribution in [0.4, 0.5) is 6.01 Å². The second-order valence-corrected chi connectivity index (χ2v) is 3.02. The lowest BCUT2D eigenvalue weighted by Gasteiger charge is -2.15. The summed E-state index contributed by atoms with van der Waals surface area (Å²) < 4.78 is 26.0. The topological polar surface area (TPSA) is 107 Å². The highest BCUT2D eigenvalue weighted by Gasteiger charge is 2.13. The Labute approximate surface area is 75.4 Å². The number of carbonyl (C=O) groups is 1. The van der Waals surface area contributed by atoms with Gasteiger partial charge in [0.25, 0.3) is 0 Å². The van der Waals surface area contributed by atoms with E-state index in [1.165, 1.54) is 7.05 Å². The van der Waals surface area contributed by atoms with Crippen LogP contribution in [0.5, 0.6) is 0 Å². The molecule has 1 atom stereocenters. The Bertz CT molecular complexity index is 348.